The number of carbonyl (C=O) groups is 2. The zero-order valence-electron chi connectivity index (χ0n) is 17.4. The first kappa shape index (κ1) is 21.3. The third-order valence-electron chi connectivity index (χ3n) is 5.37. The number of aliphatic hydroxyl groups is 1. The summed E-state index contributed by atoms with van der Waals surface area (Å²) in [5.41, 5.74) is 7.18. The minimum atomic E-state index is -1.52. The zero-order valence-corrected chi connectivity index (χ0v) is 17.4. The molecule has 0 saturated carbocycles. The molecular formula is C25H24N4O3. The van der Waals surface area contributed by atoms with Gasteiger partial charge in [-0.2, -0.15) is 0 Å². The topological polar surface area (TPSA) is 110 Å². The Hall–Kier alpha value is -3.97. The van der Waals surface area contributed by atoms with Crippen molar-refractivity contribution in [3.8, 4) is 0 Å². The molecule has 4 aromatic rings. The number of fused-ring (bicyclic) bond motifs is 1. The van der Waals surface area contributed by atoms with Crippen LogP contribution in [0, 0.1) is 0 Å². The van der Waals surface area contributed by atoms with Crippen molar-refractivity contribution in [3.63, 3.8) is 0 Å². The molecule has 1 heterocycles. The maximum atomic E-state index is 13.0. The lowest BCUT2D eigenvalue weighted by Gasteiger charge is -2.22. The van der Waals surface area contributed by atoms with Crippen molar-refractivity contribution >= 4 is 22.6 Å². The highest BCUT2D eigenvalue weighted by atomic mass is 16.3. The molecule has 1 aromatic heterocycles. The molecule has 0 aliphatic heterocycles. The molecule has 2 amide bonds. The van der Waals surface area contributed by atoms with Crippen molar-refractivity contribution in [3.05, 3.63) is 102 Å². The quantitative estimate of drug-likeness (QED) is 0.400. The van der Waals surface area contributed by atoms with Crippen molar-refractivity contribution in [2.45, 2.75) is 25.1 Å². The SMILES string of the molecule is NC(=O)C(O)C(Cc1ccccc1)NC(=O)c1nccn1Cc1ccc2ccccc2c1. The summed E-state index contributed by atoms with van der Waals surface area (Å²) in [6, 6.07) is 22.6. The summed E-state index contributed by atoms with van der Waals surface area (Å²) >= 11 is 0. The van der Waals surface area contributed by atoms with Crippen LogP contribution >= 0.6 is 0 Å². The van der Waals surface area contributed by atoms with Gasteiger partial charge in [0.2, 0.25) is 5.91 Å². The average Bonchev–Trinajstić information content (AvgIpc) is 3.27. The van der Waals surface area contributed by atoms with Gasteiger partial charge in [-0.3, -0.25) is 9.59 Å². The number of imidazole rings is 1. The number of benzene rings is 3. The van der Waals surface area contributed by atoms with Gasteiger partial charge in [-0.05, 0) is 34.4 Å². The summed E-state index contributed by atoms with van der Waals surface area (Å²) in [6.07, 6.45) is 2.00. The summed E-state index contributed by atoms with van der Waals surface area (Å²) in [4.78, 5) is 28.8. The molecule has 2 atom stereocenters. The summed E-state index contributed by atoms with van der Waals surface area (Å²) in [5.74, 6) is -1.20. The minimum Gasteiger partial charge on any atom is -0.381 e. The van der Waals surface area contributed by atoms with Gasteiger partial charge in [-0.1, -0.05) is 66.7 Å². The molecule has 162 valence electrons. The molecule has 0 radical (unpaired) electrons. The zero-order chi connectivity index (χ0) is 22.5. The van der Waals surface area contributed by atoms with E-state index in [2.05, 4.69) is 16.4 Å². The molecule has 0 fully saturated rings. The van der Waals surface area contributed by atoms with Crippen LogP contribution in [0.2, 0.25) is 0 Å². The number of hydrogen-bond acceptors (Lipinski definition) is 4. The molecule has 0 saturated heterocycles. The predicted molar refractivity (Wildman–Crippen MR) is 122 cm³/mol. The fourth-order valence-electron chi connectivity index (χ4n) is 3.72. The lowest BCUT2D eigenvalue weighted by Crippen LogP contribution is -2.50. The average molecular weight is 428 g/mol. The maximum Gasteiger partial charge on any atom is 0.287 e. The fraction of sp³-hybridized carbons (Fsp3) is 0.160. The van der Waals surface area contributed by atoms with E-state index in [-0.39, 0.29) is 12.2 Å². The molecule has 4 rings (SSSR count). The molecule has 2 unspecified atom stereocenters. The Morgan fingerprint density at radius 3 is 2.44 bits per heavy atom. The first-order valence-electron chi connectivity index (χ1n) is 10.3. The van der Waals surface area contributed by atoms with E-state index in [1.165, 1.54) is 0 Å². The van der Waals surface area contributed by atoms with E-state index in [4.69, 9.17) is 5.73 Å². The lowest BCUT2D eigenvalue weighted by atomic mass is 10.0. The van der Waals surface area contributed by atoms with Crippen molar-refractivity contribution in [1.82, 2.24) is 14.9 Å². The molecule has 4 N–H and O–H groups in total. The maximum absolute atomic E-state index is 13.0. The van der Waals surface area contributed by atoms with E-state index in [0.29, 0.717) is 6.54 Å². The predicted octanol–water partition coefficient (Wildman–Crippen LogP) is 2.27. The van der Waals surface area contributed by atoms with Gasteiger partial charge in [0.1, 0.15) is 0 Å². The van der Waals surface area contributed by atoms with Crippen molar-refractivity contribution in [2.24, 2.45) is 5.73 Å². The van der Waals surface area contributed by atoms with Crippen molar-refractivity contribution in [1.29, 1.82) is 0 Å². The van der Waals surface area contributed by atoms with Gasteiger partial charge in [0.05, 0.1) is 6.04 Å². The Bertz CT molecular complexity index is 1240. The number of primary amides is 1. The van der Waals surface area contributed by atoms with Gasteiger partial charge in [-0.15, -0.1) is 0 Å². The van der Waals surface area contributed by atoms with E-state index in [9.17, 15) is 14.7 Å². The van der Waals surface area contributed by atoms with Gasteiger partial charge in [0.15, 0.2) is 11.9 Å². The standard InChI is InChI=1S/C25H24N4O3/c26-23(31)22(30)21(15-17-6-2-1-3-7-17)28-25(32)24-27-12-13-29(24)16-18-10-11-19-8-4-5-9-20(19)14-18/h1-14,21-22,30H,15-16H2,(H2,26,31)(H,28,32). The summed E-state index contributed by atoms with van der Waals surface area (Å²) in [5, 5.41) is 15.3. The van der Waals surface area contributed by atoms with Crippen LogP contribution in [-0.2, 0) is 17.8 Å². The first-order chi connectivity index (χ1) is 15.5. The highest BCUT2D eigenvalue weighted by Crippen LogP contribution is 2.17. The molecule has 7 heteroatoms. The molecule has 0 bridgehead atoms. The Morgan fingerprint density at radius 2 is 1.69 bits per heavy atom. The van der Waals surface area contributed by atoms with Crippen LogP contribution in [0.15, 0.2) is 85.2 Å². The van der Waals surface area contributed by atoms with Crippen molar-refractivity contribution in [2.75, 3.05) is 0 Å². The van der Waals surface area contributed by atoms with E-state index in [0.717, 1.165) is 21.9 Å². The largest absolute Gasteiger partial charge is 0.381 e. The number of hydrogen-bond donors (Lipinski definition) is 3. The van der Waals surface area contributed by atoms with Crippen LogP contribution in [-0.4, -0.2) is 38.6 Å². The van der Waals surface area contributed by atoms with E-state index in [1.54, 1.807) is 17.0 Å². The van der Waals surface area contributed by atoms with Crippen LogP contribution in [0.3, 0.4) is 0 Å². The second-order valence-electron chi connectivity index (χ2n) is 7.68. The van der Waals surface area contributed by atoms with Crippen LogP contribution in [0.1, 0.15) is 21.7 Å². The first-order valence-corrected chi connectivity index (χ1v) is 10.3. The molecule has 0 aliphatic carbocycles. The number of carbonyl (C=O) groups excluding carboxylic acids is 2. The Balaban J connectivity index is 1.53. The molecule has 32 heavy (non-hydrogen) atoms. The van der Waals surface area contributed by atoms with E-state index in [1.807, 2.05) is 66.7 Å². The lowest BCUT2D eigenvalue weighted by molar-refractivity contribution is -0.127. The number of amides is 2. The van der Waals surface area contributed by atoms with Crippen LogP contribution in [0.5, 0.6) is 0 Å². The number of aliphatic hydroxyl groups excluding tert-OH is 1. The highest BCUT2D eigenvalue weighted by Gasteiger charge is 2.27. The van der Waals surface area contributed by atoms with Gasteiger partial charge >= 0.3 is 0 Å². The van der Waals surface area contributed by atoms with Crippen LogP contribution in [0.25, 0.3) is 10.8 Å². The molecular weight excluding hydrogens is 404 g/mol. The fourth-order valence-corrected chi connectivity index (χ4v) is 3.72. The number of nitrogens with zero attached hydrogens (tertiary/aromatic N) is 2. The molecule has 7 nitrogen and oxygen atoms in total. The monoisotopic (exact) mass is 428 g/mol. The number of aromatic nitrogens is 2. The molecule has 3 aromatic carbocycles. The normalized spacial score (nSPS) is 12.9. The van der Waals surface area contributed by atoms with Gasteiger partial charge in [0, 0.05) is 18.9 Å². The Labute approximate surface area is 185 Å². The minimum absolute atomic E-state index is 0.188. The van der Waals surface area contributed by atoms with E-state index < -0.39 is 24.0 Å². The third kappa shape index (κ3) is 4.84. The second-order valence-corrected chi connectivity index (χ2v) is 7.68. The van der Waals surface area contributed by atoms with Gasteiger partial charge < -0.3 is 20.7 Å². The number of rotatable bonds is 8. The van der Waals surface area contributed by atoms with E-state index >= 15 is 0 Å². The molecule has 0 aliphatic rings. The number of nitrogens with two attached hydrogens (primary N) is 1. The summed E-state index contributed by atoms with van der Waals surface area (Å²) < 4.78 is 1.73. The highest BCUT2D eigenvalue weighted by molar-refractivity contribution is 5.92. The van der Waals surface area contributed by atoms with Crippen molar-refractivity contribution < 1.29 is 14.7 Å². The second kappa shape index (κ2) is 9.45. The molecule has 0 spiro atoms. The number of nitrogens with one attached hydrogen (secondary N) is 1. The van der Waals surface area contributed by atoms with Gasteiger partial charge in [0.25, 0.3) is 5.91 Å². The Kier molecular flexibility index (Phi) is 6.28. The van der Waals surface area contributed by atoms with Crippen LogP contribution < -0.4 is 11.1 Å². The van der Waals surface area contributed by atoms with Crippen LogP contribution in [0.4, 0.5) is 0 Å². The summed E-state index contributed by atoms with van der Waals surface area (Å²) in [6.45, 7) is 0.454. The summed E-state index contributed by atoms with van der Waals surface area (Å²) in [7, 11) is 0. The van der Waals surface area contributed by atoms with Gasteiger partial charge in [-0.25, -0.2) is 4.98 Å². The Morgan fingerprint density at radius 1 is 0.969 bits per heavy atom. The third-order valence-corrected chi connectivity index (χ3v) is 5.37. The smallest absolute Gasteiger partial charge is 0.287 e.